The van der Waals surface area contributed by atoms with Gasteiger partial charge in [0.05, 0.1) is 0 Å². The molecule has 4 heteroatoms. The van der Waals surface area contributed by atoms with Gasteiger partial charge >= 0.3 is 0 Å². The van der Waals surface area contributed by atoms with E-state index in [1.807, 2.05) is 0 Å². The van der Waals surface area contributed by atoms with Gasteiger partial charge in [0.15, 0.2) is 0 Å². The van der Waals surface area contributed by atoms with Crippen molar-refractivity contribution in [2.24, 2.45) is 0 Å². The minimum atomic E-state index is -1.31. The van der Waals surface area contributed by atoms with E-state index in [-0.39, 0.29) is 0 Å². The Morgan fingerprint density at radius 2 is 1.29 bits per heavy atom. The van der Waals surface area contributed by atoms with Gasteiger partial charge in [0.2, 0.25) is 0 Å². The first-order valence-corrected chi connectivity index (χ1v) is 14.1. The van der Waals surface area contributed by atoms with Crippen molar-refractivity contribution in [3.05, 3.63) is 29.8 Å². The third kappa shape index (κ3) is 3.96. The summed E-state index contributed by atoms with van der Waals surface area (Å²) in [4.78, 5) is 0. The maximum Gasteiger partial charge on any atom is 0.138 e. The number of hydrogen-bond donors (Lipinski definition) is 0. The first kappa shape index (κ1) is 15.0. The zero-order chi connectivity index (χ0) is 13.3. The van der Waals surface area contributed by atoms with Crippen molar-refractivity contribution in [3.8, 4) is 0 Å². The molecule has 0 amide bonds. The van der Waals surface area contributed by atoms with Gasteiger partial charge in [-0.15, -0.1) is 0 Å². The second-order valence-corrected chi connectivity index (χ2v) is 17.1. The number of nitrogens with zero attached hydrogens (tertiary/aromatic N) is 1. The maximum atomic E-state index is 3.50. The van der Waals surface area contributed by atoms with Crippen LogP contribution < -0.4 is 4.23 Å². The minimum absolute atomic E-state index is 0.938. The number of benzene rings is 1. The lowest BCUT2D eigenvalue weighted by atomic mass is 10.2. The normalized spacial score (nSPS) is 12.6. The first-order valence-electron chi connectivity index (χ1n) is 6.11. The fourth-order valence-corrected chi connectivity index (χ4v) is 12.8. The molecule has 0 heterocycles. The van der Waals surface area contributed by atoms with Crippen LogP contribution in [0.1, 0.15) is 5.56 Å². The van der Waals surface area contributed by atoms with E-state index in [1.165, 1.54) is 11.3 Å². The van der Waals surface area contributed by atoms with Crippen molar-refractivity contribution >= 4 is 38.1 Å². The van der Waals surface area contributed by atoms with Gasteiger partial charge in [-0.05, 0) is 17.7 Å². The summed E-state index contributed by atoms with van der Waals surface area (Å²) in [5, 5.41) is 0.938. The van der Waals surface area contributed by atoms with Gasteiger partial charge in [-0.3, -0.25) is 0 Å². The standard InChI is InChI=1S/C13H24BrNSi2/c1-16(2,3)15(17(4,5)6)13-9-7-12(11-14)8-10-13/h7-10H,11H2,1-6H3. The monoisotopic (exact) mass is 329 g/mol. The van der Waals surface area contributed by atoms with Crippen molar-refractivity contribution < 1.29 is 0 Å². The summed E-state index contributed by atoms with van der Waals surface area (Å²) in [5.41, 5.74) is 2.76. The fourth-order valence-electron chi connectivity index (χ4n) is 2.51. The van der Waals surface area contributed by atoms with Gasteiger partial charge in [0.1, 0.15) is 16.5 Å². The molecule has 0 radical (unpaired) electrons. The Labute approximate surface area is 117 Å². The van der Waals surface area contributed by atoms with Crippen LogP contribution in [0, 0.1) is 0 Å². The Balaban J connectivity index is 3.14. The maximum absolute atomic E-state index is 3.50. The van der Waals surface area contributed by atoms with Gasteiger partial charge in [-0.25, -0.2) is 0 Å². The molecule has 0 aliphatic heterocycles. The molecule has 0 unspecified atom stereocenters. The highest BCUT2D eigenvalue weighted by Crippen LogP contribution is 2.28. The molecular weight excluding hydrogens is 306 g/mol. The second kappa shape index (κ2) is 5.28. The van der Waals surface area contributed by atoms with E-state index in [9.17, 15) is 0 Å². The third-order valence-electron chi connectivity index (χ3n) is 2.69. The fraction of sp³-hybridized carbons (Fsp3) is 0.538. The molecule has 17 heavy (non-hydrogen) atoms. The highest BCUT2D eigenvalue weighted by Gasteiger charge is 2.34. The van der Waals surface area contributed by atoms with Crippen LogP contribution in [0.25, 0.3) is 0 Å². The van der Waals surface area contributed by atoms with Crippen molar-refractivity contribution in [2.75, 3.05) is 4.23 Å². The summed E-state index contributed by atoms with van der Waals surface area (Å²) >= 11 is 3.50. The van der Waals surface area contributed by atoms with Crippen LogP contribution in [0.3, 0.4) is 0 Å². The number of anilines is 1. The molecule has 0 bridgehead atoms. The summed E-state index contributed by atoms with van der Waals surface area (Å²) in [6.07, 6.45) is 0. The highest BCUT2D eigenvalue weighted by atomic mass is 79.9. The van der Waals surface area contributed by atoms with Crippen LogP contribution in [0.5, 0.6) is 0 Å². The second-order valence-electron chi connectivity index (χ2n) is 6.48. The molecule has 0 N–H and O–H groups in total. The average Bonchev–Trinajstić information content (AvgIpc) is 2.14. The molecule has 0 aliphatic rings. The molecule has 0 atom stereocenters. The lowest BCUT2D eigenvalue weighted by molar-refractivity contribution is 1.33. The average molecular weight is 330 g/mol. The zero-order valence-corrected chi connectivity index (χ0v) is 15.4. The van der Waals surface area contributed by atoms with Gasteiger partial charge in [-0.2, -0.15) is 0 Å². The van der Waals surface area contributed by atoms with E-state index in [0.29, 0.717) is 0 Å². The molecule has 0 spiro atoms. The Bertz CT molecular complexity index is 348. The highest BCUT2D eigenvalue weighted by molar-refractivity contribution is 9.08. The van der Waals surface area contributed by atoms with E-state index in [0.717, 1.165) is 5.33 Å². The first-order chi connectivity index (χ1) is 7.66. The SMILES string of the molecule is C[Si](C)(C)N(c1ccc(CBr)cc1)[Si](C)(C)C. The molecular formula is C13H24BrNSi2. The largest absolute Gasteiger partial charge is 0.425 e. The lowest BCUT2D eigenvalue weighted by Gasteiger charge is -2.46. The van der Waals surface area contributed by atoms with Crippen molar-refractivity contribution in [2.45, 2.75) is 44.6 Å². The molecule has 0 aromatic heterocycles. The van der Waals surface area contributed by atoms with E-state index in [1.54, 1.807) is 0 Å². The van der Waals surface area contributed by atoms with Crippen molar-refractivity contribution in [1.82, 2.24) is 0 Å². The molecule has 1 nitrogen and oxygen atoms in total. The number of halogens is 1. The van der Waals surface area contributed by atoms with Gasteiger partial charge in [-0.1, -0.05) is 67.3 Å². The Morgan fingerprint density at radius 3 is 1.59 bits per heavy atom. The van der Waals surface area contributed by atoms with Crippen molar-refractivity contribution in [1.29, 1.82) is 0 Å². The minimum Gasteiger partial charge on any atom is -0.425 e. The summed E-state index contributed by atoms with van der Waals surface area (Å²) in [5.74, 6) is 0. The van der Waals surface area contributed by atoms with Crippen LogP contribution in [0.2, 0.25) is 39.3 Å². The third-order valence-corrected chi connectivity index (χ3v) is 10.6. The predicted molar refractivity (Wildman–Crippen MR) is 88.2 cm³/mol. The van der Waals surface area contributed by atoms with Crippen LogP contribution >= 0.6 is 15.9 Å². The molecule has 0 saturated carbocycles. The van der Waals surface area contributed by atoms with E-state index < -0.39 is 16.5 Å². The Hall–Kier alpha value is -0.0662. The van der Waals surface area contributed by atoms with Gasteiger partial charge < -0.3 is 4.23 Å². The summed E-state index contributed by atoms with van der Waals surface area (Å²) in [6.45, 7) is 14.6. The number of alkyl halides is 1. The molecule has 0 aliphatic carbocycles. The predicted octanol–water partition coefficient (Wildman–Crippen LogP) is 5.06. The van der Waals surface area contributed by atoms with Crippen LogP contribution in [0.15, 0.2) is 24.3 Å². The van der Waals surface area contributed by atoms with E-state index in [2.05, 4.69) is 83.7 Å². The zero-order valence-electron chi connectivity index (χ0n) is 11.8. The van der Waals surface area contributed by atoms with Gasteiger partial charge in [0.25, 0.3) is 0 Å². The Kier molecular flexibility index (Phi) is 4.66. The molecule has 96 valence electrons. The molecule has 1 rings (SSSR count). The van der Waals surface area contributed by atoms with Crippen LogP contribution in [-0.2, 0) is 5.33 Å². The van der Waals surface area contributed by atoms with Gasteiger partial charge in [0, 0.05) is 11.0 Å². The molecule has 0 fully saturated rings. The number of hydrogen-bond acceptors (Lipinski definition) is 1. The van der Waals surface area contributed by atoms with E-state index >= 15 is 0 Å². The Morgan fingerprint density at radius 1 is 0.882 bits per heavy atom. The summed E-state index contributed by atoms with van der Waals surface area (Å²) in [7, 11) is -2.61. The topological polar surface area (TPSA) is 3.24 Å². The summed E-state index contributed by atoms with van der Waals surface area (Å²) < 4.78 is 2.75. The number of rotatable bonds is 4. The molecule has 1 aromatic rings. The molecule has 0 saturated heterocycles. The molecule has 1 aromatic carbocycles. The summed E-state index contributed by atoms with van der Waals surface area (Å²) in [6, 6.07) is 9.04. The van der Waals surface area contributed by atoms with E-state index in [4.69, 9.17) is 0 Å². The quantitative estimate of drug-likeness (QED) is 0.551. The van der Waals surface area contributed by atoms with Crippen LogP contribution in [0.4, 0.5) is 5.69 Å². The smallest absolute Gasteiger partial charge is 0.138 e. The van der Waals surface area contributed by atoms with Crippen LogP contribution in [-0.4, -0.2) is 16.5 Å². The lowest BCUT2D eigenvalue weighted by Crippen LogP contribution is -2.59. The van der Waals surface area contributed by atoms with Crippen molar-refractivity contribution in [3.63, 3.8) is 0 Å².